The fourth-order valence-electron chi connectivity index (χ4n) is 1.09. The molecule has 1 aliphatic heterocycles. The van der Waals surface area contributed by atoms with Gasteiger partial charge in [-0.05, 0) is 20.8 Å². The highest BCUT2D eigenvalue weighted by molar-refractivity contribution is 6.45. The molecule has 0 bridgehead atoms. The molecule has 1 saturated heterocycles. The van der Waals surface area contributed by atoms with Crippen LogP contribution in [0.15, 0.2) is 0 Å². The fraction of sp³-hybridized carbons (Fsp3) is 1.00. The Morgan fingerprint density at radius 3 is 2.55 bits per heavy atom. The summed E-state index contributed by atoms with van der Waals surface area (Å²) in [5.41, 5.74) is -0.208. The highest BCUT2D eigenvalue weighted by atomic mass is 16.7. The summed E-state index contributed by atoms with van der Waals surface area (Å²) in [6, 6.07) is 0. The standard InChI is InChI=1S/C7H15BO3/c1-6-7(2,3)11-8(10-6)4-5-9/h6,9H,4-5H2,1-3H3. The van der Waals surface area contributed by atoms with E-state index in [0.29, 0.717) is 6.32 Å². The van der Waals surface area contributed by atoms with Gasteiger partial charge in [0.2, 0.25) is 0 Å². The van der Waals surface area contributed by atoms with E-state index in [-0.39, 0.29) is 25.4 Å². The summed E-state index contributed by atoms with van der Waals surface area (Å²) >= 11 is 0. The van der Waals surface area contributed by atoms with E-state index in [9.17, 15) is 0 Å². The number of aliphatic hydroxyl groups is 1. The Labute approximate surface area is 67.8 Å². The summed E-state index contributed by atoms with van der Waals surface area (Å²) in [6.45, 7) is 6.09. The van der Waals surface area contributed by atoms with Crippen molar-refractivity contribution in [3.05, 3.63) is 0 Å². The second-order valence-electron chi connectivity index (χ2n) is 3.44. The van der Waals surface area contributed by atoms with Crippen LogP contribution >= 0.6 is 0 Å². The first-order valence-corrected chi connectivity index (χ1v) is 4.00. The van der Waals surface area contributed by atoms with Gasteiger partial charge in [0.15, 0.2) is 0 Å². The maximum atomic E-state index is 8.62. The lowest BCUT2D eigenvalue weighted by Gasteiger charge is -2.21. The van der Waals surface area contributed by atoms with Gasteiger partial charge in [-0.15, -0.1) is 0 Å². The van der Waals surface area contributed by atoms with Crippen molar-refractivity contribution in [2.75, 3.05) is 6.61 Å². The molecule has 0 aromatic carbocycles. The Bertz CT molecular complexity index is 138. The first kappa shape index (κ1) is 9.04. The number of rotatable bonds is 2. The van der Waals surface area contributed by atoms with Crippen molar-refractivity contribution >= 4 is 7.12 Å². The molecule has 64 valence electrons. The zero-order chi connectivity index (χ0) is 8.48. The van der Waals surface area contributed by atoms with Crippen molar-refractivity contribution < 1.29 is 14.4 Å². The van der Waals surface area contributed by atoms with Gasteiger partial charge in [0.1, 0.15) is 0 Å². The molecular formula is C7H15BO3. The quantitative estimate of drug-likeness (QED) is 0.600. The van der Waals surface area contributed by atoms with Crippen LogP contribution < -0.4 is 0 Å². The maximum absolute atomic E-state index is 8.62. The normalized spacial score (nSPS) is 29.5. The lowest BCUT2D eigenvalue weighted by molar-refractivity contribution is 0.0838. The Balaban J connectivity index is 2.43. The zero-order valence-electron chi connectivity index (χ0n) is 7.33. The third-order valence-corrected chi connectivity index (χ3v) is 2.13. The molecule has 1 N–H and O–H groups in total. The van der Waals surface area contributed by atoms with Crippen LogP contribution in [0.25, 0.3) is 0 Å². The number of aliphatic hydroxyl groups excluding tert-OH is 1. The van der Waals surface area contributed by atoms with Crippen molar-refractivity contribution in [1.82, 2.24) is 0 Å². The third kappa shape index (κ3) is 1.95. The van der Waals surface area contributed by atoms with Gasteiger partial charge in [0.05, 0.1) is 11.7 Å². The molecule has 1 heterocycles. The van der Waals surface area contributed by atoms with Crippen molar-refractivity contribution in [2.24, 2.45) is 0 Å². The molecule has 1 fully saturated rings. The van der Waals surface area contributed by atoms with E-state index >= 15 is 0 Å². The van der Waals surface area contributed by atoms with Crippen LogP contribution in [0.5, 0.6) is 0 Å². The van der Waals surface area contributed by atoms with Crippen LogP contribution in [-0.4, -0.2) is 30.5 Å². The molecule has 0 aromatic heterocycles. The van der Waals surface area contributed by atoms with Crippen molar-refractivity contribution in [2.45, 2.75) is 38.8 Å². The number of hydrogen-bond acceptors (Lipinski definition) is 3. The zero-order valence-corrected chi connectivity index (χ0v) is 7.33. The molecule has 1 aliphatic rings. The van der Waals surface area contributed by atoms with Gasteiger partial charge >= 0.3 is 7.12 Å². The van der Waals surface area contributed by atoms with E-state index in [4.69, 9.17) is 14.4 Å². The minimum absolute atomic E-state index is 0.110. The molecule has 1 unspecified atom stereocenters. The van der Waals surface area contributed by atoms with E-state index in [1.54, 1.807) is 0 Å². The Morgan fingerprint density at radius 2 is 2.18 bits per heavy atom. The highest BCUT2D eigenvalue weighted by Gasteiger charge is 2.42. The van der Waals surface area contributed by atoms with Gasteiger partial charge in [0, 0.05) is 12.9 Å². The molecule has 0 radical (unpaired) electrons. The van der Waals surface area contributed by atoms with Crippen molar-refractivity contribution in [3.63, 3.8) is 0 Å². The molecule has 0 aliphatic carbocycles. The van der Waals surface area contributed by atoms with Gasteiger partial charge in [-0.3, -0.25) is 0 Å². The largest absolute Gasteiger partial charge is 0.459 e. The highest BCUT2D eigenvalue weighted by Crippen LogP contribution is 2.27. The second-order valence-corrected chi connectivity index (χ2v) is 3.44. The topological polar surface area (TPSA) is 38.7 Å². The van der Waals surface area contributed by atoms with E-state index < -0.39 is 0 Å². The van der Waals surface area contributed by atoms with Gasteiger partial charge in [-0.25, -0.2) is 0 Å². The van der Waals surface area contributed by atoms with Crippen molar-refractivity contribution in [1.29, 1.82) is 0 Å². The smallest absolute Gasteiger partial charge is 0.406 e. The lowest BCUT2D eigenvalue weighted by Crippen LogP contribution is -2.30. The molecule has 0 amide bonds. The van der Waals surface area contributed by atoms with Crippen LogP contribution in [0.4, 0.5) is 0 Å². The lowest BCUT2D eigenvalue weighted by atomic mass is 9.86. The average Bonchev–Trinajstić information content (AvgIpc) is 2.08. The predicted molar refractivity (Wildman–Crippen MR) is 43.4 cm³/mol. The summed E-state index contributed by atoms with van der Waals surface area (Å²) in [5.74, 6) is 0. The monoisotopic (exact) mass is 158 g/mol. The van der Waals surface area contributed by atoms with Crippen LogP contribution in [-0.2, 0) is 9.31 Å². The summed E-state index contributed by atoms with van der Waals surface area (Å²) in [4.78, 5) is 0. The van der Waals surface area contributed by atoms with Crippen LogP contribution in [0.2, 0.25) is 6.32 Å². The summed E-state index contributed by atoms with van der Waals surface area (Å²) in [6.07, 6.45) is 0.673. The molecule has 0 spiro atoms. The molecule has 11 heavy (non-hydrogen) atoms. The molecular weight excluding hydrogens is 143 g/mol. The molecule has 1 rings (SSSR count). The Morgan fingerprint density at radius 1 is 1.55 bits per heavy atom. The third-order valence-electron chi connectivity index (χ3n) is 2.13. The van der Waals surface area contributed by atoms with Gasteiger partial charge in [-0.1, -0.05) is 0 Å². The van der Waals surface area contributed by atoms with E-state index in [1.807, 2.05) is 20.8 Å². The number of hydrogen-bond donors (Lipinski definition) is 1. The molecule has 4 heteroatoms. The van der Waals surface area contributed by atoms with Crippen molar-refractivity contribution in [3.8, 4) is 0 Å². The van der Waals surface area contributed by atoms with Gasteiger partial charge < -0.3 is 14.4 Å². The SMILES string of the molecule is CC1OB(CCO)OC1(C)C. The minimum Gasteiger partial charge on any atom is -0.406 e. The van der Waals surface area contributed by atoms with E-state index in [2.05, 4.69) is 0 Å². The Hall–Kier alpha value is -0.0551. The van der Waals surface area contributed by atoms with Crippen LogP contribution in [0.3, 0.4) is 0 Å². The van der Waals surface area contributed by atoms with E-state index in [1.165, 1.54) is 0 Å². The molecule has 0 aromatic rings. The summed E-state index contributed by atoms with van der Waals surface area (Å²) < 4.78 is 11.0. The summed E-state index contributed by atoms with van der Waals surface area (Å²) in [7, 11) is -0.218. The first-order valence-electron chi connectivity index (χ1n) is 4.00. The average molecular weight is 158 g/mol. The second kappa shape index (κ2) is 3.13. The predicted octanol–water partition coefficient (Wildman–Crippen LogP) is 0.681. The van der Waals surface area contributed by atoms with Gasteiger partial charge in [0.25, 0.3) is 0 Å². The van der Waals surface area contributed by atoms with Crippen LogP contribution in [0.1, 0.15) is 20.8 Å². The Kier molecular flexibility index (Phi) is 2.57. The van der Waals surface area contributed by atoms with Gasteiger partial charge in [-0.2, -0.15) is 0 Å². The van der Waals surface area contributed by atoms with Crippen LogP contribution in [0, 0.1) is 0 Å². The maximum Gasteiger partial charge on any atom is 0.459 e. The molecule has 0 saturated carbocycles. The minimum atomic E-state index is -0.218. The first-order chi connectivity index (χ1) is 5.06. The summed E-state index contributed by atoms with van der Waals surface area (Å²) in [5, 5.41) is 8.62. The fourth-order valence-corrected chi connectivity index (χ4v) is 1.09. The molecule has 3 nitrogen and oxygen atoms in total. The molecule has 1 atom stereocenters. The van der Waals surface area contributed by atoms with E-state index in [0.717, 1.165) is 0 Å².